The van der Waals surface area contributed by atoms with E-state index in [1.54, 1.807) is 0 Å². The van der Waals surface area contributed by atoms with Crippen molar-refractivity contribution < 1.29 is 28.6 Å². The summed E-state index contributed by atoms with van der Waals surface area (Å²) in [7, 11) is 0. The molecular weight excluding hydrogens is 889 g/mol. The van der Waals surface area contributed by atoms with Gasteiger partial charge in [-0.3, -0.25) is 14.4 Å². The summed E-state index contributed by atoms with van der Waals surface area (Å²) in [5.74, 6) is -0.978. The summed E-state index contributed by atoms with van der Waals surface area (Å²) in [6.07, 6.45) is 83.1. The number of carbonyl (C=O) groups excluding carboxylic acids is 3. The molecule has 6 heteroatoms. The number of esters is 3. The number of hydrogen-bond donors (Lipinski definition) is 0. The Morgan fingerprint density at radius 2 is 0.556 bits per heavy atom. The molecule has 0 aliphatic rings. The second-order valence-corrected chi connectivity index (χ2v) is 18.8. The Labute approximate surface area is 443 Å². The molecule has 0 heterocycles. The topological polar surface area (TPSA) is 78.9 Å². The van der Waals surface area contributed by atoms with Crippen LogP contribution in [-0.4, -0.2) is 37.2 Å². The zero-order valence-corrected chi connectivity index (χ0v) is 46.4. The third kappa shape index (κ3) is 56.5. The summed E-state index contributed by atoms with van der Waals surface area (Å²) < 4.78 is 16.8. The van der Waals surface area contributed by atoms with Crippen LogP contribution in [0.15, 0.2) is 134 Å². The average molecular weight is 996 g/mol. The monoisotopic (exact) mass is 995 g/mol. The predicted octanol–water partition coefficient (Wildman–Crippen LogP) is 19.8. The van der Waals surface area contributed by atoms with E-state index in [1.165, 1.54) is 77.0 Å². The van der Waals surface area contributed by atoms with Crippen LogP contribution in [0.1, 0.15) is 245 Å². The third-order valence-electron chi connectivity index (χ3n) is 11.9. The van der Waals surface area contributed by atoms with Crippen molar-refractivity contribution in [2.45, 2.75) is 252 Å². The van der Waals surface area contributed by atoms with Crippen LogP contribution in [-0.2, 0) is 28.6 Å². The Bertz CT molecular complexity index is 1560. The fourth-order valence-electron chi connectivity index (χ4n) is 7.60. The maximum absolute atomic E-state index is 12.8. The molecule has 0 aliphatic heterocycles. The molecule has 0 aromatic heterocycles. The van der Waals surface area contributed by atoms with Gasteiger partial charge in [-0.05, 0) is 109 Å². The van der Waals surface area contributed by atoms with Crippen LogP contribution < -0.4 is 0 Å². The van der Waals surface area contributed by atoms with Crippen molar-refractivity contribution >= 4 is 17.9 Å². The molecule has 1 unspecified atom stereocenters. The minimum absolute atomic E-state index is 0.105. The van der Waals surface area contributed by atoms with E-state index in [2.05, 4.69) is 154 Å². The van der Waals surface area contributed by atoms with E-state index in [9.17, 15) is 14.4 Å². The molecule has 0 saturated heterocycles. The molecule has 406 valence electrons. The lowest BCUT2D eigenvalue weighted by molar-refractivity contribution is -0.167. The van der Waals surface area contributed by atoms with Crippen molar-refractivity contribution in [1.29, 1.82) is 0 Å². The molecule has 0 aromatic rings. The largest absolute Gasteiger partial charge is 0.462 e. The normalized spacial score (nSPS) is 13.1. The SMILES string of the molecule is CC/C=C\C/C=C\C/C=C\C/C=C\C/C=C\C/C=C\CCCCCCCCCCC(=O)OCC(COC(=O)CCCCCCCCCCCC)OC(=O)CCC/C=C\C/C=C\C/C=C\C/C=C\C/C=C\CC. The first-order valence-corrected chi connectivity index (χ1v) is 29.2. The Kier molecular flexibility index (Phi) is 55.5. The number of unbranched alkanes of at least 4 members (excludes halogenated alkanes) is 18. The van der Waals surface area contributed by atoms with Crippen LogP contribution in [0.5, 0.6) is 0 Å². The van der Waals surface area contributed by atoms with Gasteiger partial charge in [0.2, 0.25) is 0 Å². The molecule has 0 N–H and O–H groups in total. The molecule has 72 heavy (non-hydrogen) atoms. The van der Waals surface area contributed by atoms with Crippen molar-refractivity contribution in [3.8, 4) is 0 Å². The predicted molar refractivity (Wildman–Crippen MR) is 311 cm³/mol. The number of carbonyl (C=O) groups is 3. The van der Waals surface area contributed by atoms with Gasteiger partial charge in [0.25, 0.3) is 0 Å². The molecule has 0 amide bonds. The molecule has 0 saturated carbocycles. The van der Waals surface area contributed by atoms with Crippen LogP contribution in [0.25, 0.3) is 0 Å². The van der Waals surface area contributed by atoms with E-state index < -0.39 is 6.10 Å². The molecule has 0 fully saturated rings. The van der Waals surface area contributed by atoms with Gasteiger partial charge in [0.15, 0.2) is 6.10 Å². The van der Waals surface area contributed by atoms with Crippen molar-refractivity contribution in [3.05, 3.63) is 134 Å². The molecule has 0 aromatic carbocycles. The number of allylic oxidation sites excluding steroid dienone is 22. The van der Waals surface area contributed by atoms with Gasteiger partial charge in [0.05, 0.1) is 0 Å². The number of hydrogen-bond acceptors (Lipinski definition) is 6. The van der Waals surface area contributed by atoms with Crippen LogP contribution >= 0.6 is 0 Å². The first-order valence-electron chi connectivity index (χ1n) is 29.2. The van der Waals surface area contributed by atoms with Crippen molar-refractivity contribution in [2.24, 2.45) is 0 Å². The molecule has 0 spiro atoms. The van der Waals surface area contributed by atoms with Gasteiger partial charge < -0.3 is 14.2 Å². The van der Waals surface area contributed by atoms with Gasteiger partial charge >= 0.3 is 17.9 Å². The molecule has 6 nitrogen and oxygen atoms in total. The maximum Gasteiger partial charge on any atom is 0.306 e. The van der Waals surface area contributed by atoms with Gasteiger partial charge in [0.1, 0.15) is 13.2 Å². The van der Waals surface area contributed by atoms with Gasteiger partial charge in [0, 0.05) is 19.3 Å². The highest BCUT2D eigenvalue weighted by molar-refractivity contribution is 5.71. The molecule has 0 rings (SSSR count). The fourth-order valence-corrected chi connectivity index (χ4v) is 7.60. The van der Waals surface area contributed by atoms with Crippen LogP contribution in [0.2, 0.25) is 0 Å². The van der Waals surface area contributed by atoms with Crippen molar-refractivity contribution in [2.75, 3.05) is 13.2 Å². The minimum atomic E-state index is -0.814. The lowest BCUT2D eigenvalue weighted by Gasteiger charge is -2.18. The third-order valence-corrected chi connectivity index (χ3v) is 11.9. The Morgan fingerprint density at radius 3 is 0.889 bits per heavy atom. The van der Waals surface area contributed by atoms with Gasteiger partial charge in [-0.2, -0.15) is 0 Å². The highest BCUT2D eigenvalue weighted by Crippen LogP contribution is 2.14. The zero-order valence-electron chi connectivity index (χ0n) is 46.4. The molecular formula is C66H106O6. The molecule has 0 aliphatic carbocycles. The summed E-state index contributed by atoms with van der Waals surface area (Å²) >= 11 is 0. The second kappa shape index (κ2) is 59.1. The number of ether oxygens (including phenoxy) is 3. The summed E-state index contributed by atoms with van der Waals surface area (Å²) in [5.41, 5.74) is 0. The van der Waals surface area contributed by atoms with E-state index >= 15 is 0 Å². The molecule has 1 atom stereocenters. The first-order chi connectivity index (χ1) is 35.5. The Hall–Kier alpha value is -4.45. The van der Waals surface area contributed by atoms with Crippen LogP contribution in [0.3, 0.4) is 0 Å². The maximum atomic E-state index is 12.8. The highest BCUT2D eigenvalue weighted by atomic mass is 16.6. The van der Waals surface area contributed by atoms with E-state index in [0.29, 0.717) is 19.3 Å². The summed E-state index contributed by atoms with van der Waals surface area (Å²) in [6, 6.07) is 0. The van der Waals surface area contributed by atoms with E-state index in [-0.39, 0.29) is 37.5 Å². The van der Waals surface area contributed by atoms with Crippen molar-refractivity contribution in [1.82, 2.24) is 0 Å². The summed E-state index contributed by atoms with van der Waals surface area (Å²) in [5, 5.41) is 0. The lowest BCUT2D eigenvalue weighted by Crippen LogP contribution is -2.30. The Morgan fingerprint density at radius 1 is 0.292 bits per heavy atom. The summed E-state index contributed by atoms with van der Waals surface area (Å²) in [6.45, 7) is 6.34. The Balaban J connectivity index is 4.37. The van der Waals surface area contributed by atoms with Crippen LogP contribution in [0, 0.1) is 0 Å². The minimum Gasteiger partial charge on any atom is -0.462 e. The van der Waals surface area contributed by atoms with E-state index in [0.717, 1.165) is 122 Å². The molecule has 0 radical (unpaired) electrons. The van der Waals surface area contributed by atoms with Crippen molar-refractivity contribution in [3.63, 3.8) is 0 Å². The van der Waals surface area contributed by atoms with E-state index in [4.69, 9.17) is 14.2 Å². The van der Waals surface area contributed by atoms with Gasteiger partial charge in [-0.15, -0.1) is 0 Å². The smallest absolute Gasteiger partial charge is 0.306 e. The molecule has 0 bridgehead atoms. The summed E-state index contributed by atoms with van der Waals surface area (Å²) in [4.78, 5) is 38.1. The standard InChI is InChI=1S/C66H106O6/c1-4-7-10-13-16-19-22-24-26-28-29-30-31-32-33-34-35-36-37-39-40-42-44-47-50-53-56-59-65(68)71-62-63(61-70-64(67)58-55-52-49-46-21-18-15-12-9-6-3)72-66(69)60-57-54-51-48-45-43-41-38-27-25-23-20-17-14-11-8-5-2/h7-8,10-11,16-17,19-20,24-27,29-30,32-33,35-36,41,43,48,51,63H,4-6,9,12-15,18,21-23,28,31,34,37-40,42,44-47,49-50,52-62H2,1-3H3/b10-7-,11-8-,19-16-,20-17-,26-24-,27-25-,30-29-,33-32-,36-35-,43-41-,51-48-. The first kappa shape index (κ1) is 67.5. The van der Waals surface area contributed by atoms with Crippen LogP contribution in [0.4, 0.5) is 0 Å². The second-order valence-electron chi connectivity index (χ2n) is 18.8. The fraction of sp³-hybridized carbons (Fsp3) is 0.621. The number of rotatable bonds is 51. The zero-order chi connectivity index (χ0) is 52.2. The average Bonchev–Trinajstić information content (AvgIpc) is 3.38. The van der Waals surface area contributed by atoms with E-state index in [1.807, 2.05) is 0 Å². The highest BCUT2D eigenvalue weighted by Gasteiger charge is 2.19. The van der Waals surface area contributed by atoms with Gasteiger partial charge in [-0.25, -0.2) is 0 Å². The quantitative estimate of drug-likeness (QED) is 0.0261. The lowest BCUT2D eigenvalue weighted by atomic mass is 10.1. The van der Waals surface area contributed by atoms with Gasteiger partial charge in [-0.1, -0.05) is 251 Å².